The summed E-state index contributed by atoms with van der Waals surface area (Å²) in [6, 6.07) is 7.01. The molecule has 0 unspecified atom stereocenters. The highest BCUT2D eigenvalue weighted by molar-refractivity contribution is 7.89. The lowest BCUT2D eigenvalue weighted by atomic mass is 9.89. The van der Waals surface area contributed by atoms with Crippen molar-refractivity contribution in [3.63, 3.8) is 0 Å². The maximum Gasteiger partial charge on any atom is 0.242 e. The summed E-state index contributed by atoms with van der Waals surface area (Å²) in [6.45, 7) is 2.35. The van der Waals surface area contributed by atoms with Crippen LogP contribution in [0.3, 0.4) is 0 Å². The van der Waals surface area contributed by atoms with E-state index < -0.39 is 10.0 Å². The number of rotatable bonds is 6. The molecule has 0 heterocycles. The van der Waals surface area contributed by atoms with Gasteiger partial charge in [0, 0.05) is 12.6 Å². The molecule has 1 saturated carbocycles. The van der Waals surface area contributed by atoms with Gasteiger partial charge in [-0.3, -0.25) is 0 Å². The van der Waals surface area contributed by atoms with Gasteiger partial charge in [0.15, 0.2) is 0 Å². The molecule has 0 radical (unpaired) electrons. The Labute approximate surface area is 114 Å². The Kier molecular flexibility index (Phi) is 4.44. The van der Waals surface area contributed by atoms with Crippen LogP contribution in [0.1, 0.15) is 26.2 Å². The average Bonchev–Trinajstić information content (AvgIpc) is 2.35. The molecular formula is C13H20N2O3S. The molecule has 1 aromatic rings. The van der Waals surface area contributed by atoms with E-state index in [1.54, 1.807) is 24.3 Å². The smallest absolute Gasteiger partial charge is 0.242 e. The molecule has 0 spiro atoms. The summed E-state index contributed by atoms with van der Waals surface area (Å²) in [5.41, 5.74) is 0.600. The fraction of sp³-hybridized carbons (Fsp3) is 0.538. The van der Waals surface area contributed by atoms with Crippen LogP contribution in [0.25, 0.3) is 0 Å². The normalized spacial score (nSPS) is 22.8. The topological polar surface area (TPSA) is 78.4 Å². The van der Waals surface area contributed by atoms with Gasteiger partial charge in [-0.1, -0.05) is 19.1 Å². The SMILES string of the molecule is CCCNS(=O)(=O)c1ccccc1NC1CC(O)C1. The van der Waals surface area contributed by atoms with Gasteiger partial charge in [-0.2, -0.15) is 0 Å². The highest BCUT2D eigenvalue weighted by Crippen LogP contribution is 2.27. The summed E-state index contributed by atoms with van der Waals surface area (Å²) in [5, 5.41) is 12.5. The molecule has 19 heavy (non-hydrogen) atoms. The second-order valence-electron chi connectivity index (χ2n) is 4.86. The van der Waals surface area contributed by atoms with E-state index in [2.05, 4.69) is 10.0 Å². The number of para-hydroxylation sites is 1. The van der Waals surface area contributed by atoms with Crippen molar-refractivity contribution in [1.29, 1.82) is 0 Å². The number of anilines is 1. The van der Waals surface area contributed by atoms with Gasteiger partial charge in [-0.25, -0.2) is 13.1 Å². The Morgan fingerprint density at radius 2 is 2.00 bits per heavy atom. The first kappa shape index (κ1) is 14.3. The molecule has 3 N–H and O–H groups in total. The average molecular weight is 284 g/mol. The molecule has 1 aliphatic rings. The first-order valence-electron chi connectivity index (χ1n) is 6.56. The monoisotopic (exact) mass is 284 g/mol. The number of aliphatic hydroxyl groups excluding tert-OH is 1. The number of hydrogen-bond acceptors (Lipinski definition) is 4. The third kappa shape index (κ3) is 3.46. The second kappa shape index (κ2) is 5.90. The third-order valence-electron chi connectivity index (χ3n) is 3.19. The van der Waals surface area contributed by atoms with E-state index in [4.69, 9.17) is 0 Å². The molecule has 0 saturated heterocycles. The van der Waals surface area contributed by atoms with Gasteiger partial charge in [0.2, 0.25) is 10.0 Å². The Hall–Kier alpha value is -1.11. The summed E-state index contributed by atoms with van der Waals surface area (Å²) >= 11 is 0. The molecular weight excluding hydrogens is 264 g/mol. The zero-order valence-corrected chi connectivity index (χ0v) is 11.8. The van der Waals surface area contributed by atoms with Gasteiger partial charge in [0.05, 0.1) is 11.8 Å². The van der Waals surface area contributed by atoms with E-state index >= 15 is 0 Å². The molecule has 1 aliphatic carbocycles. The van der Waals surface area contributed by atoms with Crippen molar-refractivity contribution in [2.45, 2.75) is 43.2 Å². The van der Waals surface area contributed by atoms with Crippen molar-refractivity contribution < 1.29 is 13.5 Å². The summed E-state index contributed by atoms with van der Waals surface area (Å²) in [6.07, 6.45) is 1.82. The zero-order chi connectivity index (χ0) is 13.9. The van der Waals surface area contributed by atoms with Gasteiger partial charge in [-0.05, 0) is 31.4 Å². The van der Waals surface area contributed by atoms with Crippen LogP contribution in [0.15, 0.2) is 29.2 Å². The minimum atomic E-state index is -3.47. The largest absolute Gasteiger partial charge is 0.393 e. The second-order valence-corrected chi connectivity index (χ2v) is 6.60. The van der Waals surface area contributed by atoms with Gasteiger partial charge in [0.25, 0.3) is 0 Å². The quantitative estimate of drug-likeness (QED) is 0.736. The van der Waals surface area contributed by atoms with E-state index in [0.29, 0.717) is 25.1 Å². The molecule has 0 amide bonds. The van der Waals surface area contributed by atoms with E-state index in [1.807, 2.05) is 6.92 Å². The van der Waals surface area contributed by atoms with Crippen LogP contribution in [0.4, 0.5) is 5.69 Å². The highest BCUT2D eigenvalue weighted by Gasteiger charge is 2.28. The predicted octanol–water partition coefficient (Wildman–Crippen LogP) is 1.31. The number of benzene rings is 1. The minimum absolute atomic E-state index is 0.150. The summed E-state index contributed by atoms with van der Waals surface area (Å²) in [4.78, 5) is 0.268. The predicted molar refractivity (Wildman–Crippen MR) is 74.6 cm³/mol. The van der Waals surface area contributed by atoms with E-state index in [0.717, 1.165) is 6.42 Å². The lowest BCUT2D eigenvalue weighted by Gasteiger charge is -2.33. The van der Waals surface area contributed by atoms with Crippen LogP contribution < -0.4 is 10.0 Å². The van der Waals surface area contributed by atoms with Gasteiger partial charge in [0.1, 0.15) is 4.90 Å². The highest BCUT2D eigenvalue weighted by atomic mass is 32.2. The number of hydrogen-bond donors (Lipinski definition) is 3. The molecule has 1 aromatic carbocycles. The van der Waals surface area contributed by atoms with Crippen molar-refractivity contribution in [2.75, 3.05) is 11.9 Å². The van der Waals surface area contributed by atoms with Crippen molar-refractivity contribution in [3.8, 4) is 0 Å². The van der Waals surface area contributed by atoms with E-state index in [1.165, 1.54) is 0 Å². The third-order valence-corrected chi connectivity index (χ3v) is 4.71. The van der Waals surface area contributed by atoms with Gasteiger partial charge in [-0.15, -0.1) is 0 Å². The summed E-state index contributed by atoms with van der Waals surface area (Å²) in [5.74, 6) is 0. The minimum Gasteiger partial charge on any atom is -0.393 e. The van der Waals surface area contributed by atoms with Crippen molar-refractivity contribution in [1.82, 2.24) is 4.72 Å². The van der Waals surface area contributed by atoms with Crippen LogP contribution in [-0.4, -0.2) is 32.2 Å². The standard InChI is InChI=1S/C13H20N2O3S/c1-2-7-14-19(17,18)13-6-4-3-5-12(13)15-10-8-11(16)9-10/h3-6,10-11,14-16H,2,7-9H2,1H3. The van der Waals surface area contributed by atoms with Crippen LogP contribution in [0.2, 0.25) is 0 Å². The van der Waals surface area contributed by atoms with E-state index in [9.17, 15) is 13.5 Å². The molecule has 106 valence electrons. The molecule has 6 heteroatoms. The Balaban J connectivity index is 2.16. The molecule has 0 aliphatic heterocycles. The number of aliphatic hydroxyl groups is 1. The number of sulfonamides is 1. The summed E-state index contributed by atoms with van der Waals surface area (Å²) in [7, 11) is -3.47. The van der Waals surface area contributed by atoms with E-state index in [-0.39, 0.29) is 17.0 Å². The van der Waals surface area contributed by atoms with Crippen LogP contribution in [0.5, 0.6) is 0 Å². The van der Waals surface area contributed by atoms with Crippen LogP contribution >= 0.6 is 0 Å². The Bertz CT molecular complexity index is 524. The van der Waals surface area contributed by atoms with Crippen molar-refractivity contribution >= 4 is 15.7 Å². The zero-order valence-electron chi connectivity index (χ0n) is 11.0. The molecule has 0 atom stereocenters. The molecule has 2 rings (SSSR count). The van der Waals surface area contributed by atoms with Crippen LogP contribution in [0, 0.1) is 0 Å². The summed E-state index contributed by atoms with van der Waals surface area (Å²) < 4.78 is 26.9. The molecule has 1 fully saturated rings. The number of nitrogens with one attached hydrogen (secondary N) is 2. The maximum atomic E-state index is 12.2. The van der Waals surface area contributed by atoms with Crippen LogP contribution in [-0.2, 0) is 10.0 Å². The molecule has 0 aromatic heterocycles. The fourth-order valence-corrected chi connectivity index (χ4v) is 3.36. The Morgan fingerprint density at radius 1 is 1.32 bits per heavy atom. The Morgan fingerprint density at radius 3 is 2.63 bits per heavy atom. The fourth-order valence-electron chi connectivity index (χ4n) is 2.06. The van der Waals surface area contributed by atoms with Crippen molar-refractivity contribution in [2.24, 2.45) is 0 Å². The maximum absolute atomic E-state index is 12.2. The van der Waals surface area contributed by atoms with Crippen molar-refractivity contribution in [3.05, 3.63) is 24.3 Å². The lowest BCUT2D eigenvalue weighted by molar-refractivity contribution is 0.0836. The first-order chi connectivity index (χ1) is 9.03. The lowest BCUT2D eigenvalue weighted by Crippen LogP contribution is -2.39. The van der Waals surface area contributed by atoms with Gasteiger partial charge >= 0.3 is 0 Å². The molecule has 5 nitrogen and oxygen atoms in total. The van der Waals surface area contributed by atoms with Gasteiger partial charge < -0.3 is 10.4 Å². The first-order valence-corrected chi connectivity index (χ1v) is 8.04. The molecule has 0 bridgehead atoms.